The summed E-state index contributed by atoms with van der Waals surface area (Å²) < 4.78 is 0. The Bertz CT molecular complexity index is 190. The predicted molar refractivity (Wildman–Crippen MR) is 58.5 cm³/mol. The zero-order valence-electron chi connectivity index (χ0n) is 8.13. The van der Waals surface area contributed by atoms with Crippen molar-refractivity contribution in [1.29, 1.82) is 0 Å². The molecule has 0 saturated heterocycles. The van der Waals surface area contributed by atoms with Gasteiger partial charge in [-0.1, -0.05) is 12.7 Å². The predicted octanol–water partition coefficient (Wildman–Crippen LogP) is 2.52. The molecule has 0 rings (SSSR count). The SMILES string of the molecule is C=C=C(C(CC=C)SC)N(C)C. The van der Waals surface area contributed by atoms with Crippen molar-refractivity contribution in [1.82, 2.24) is 4.90 Å². The van der Waals surface area contributed by atoms with Gasteiger partial charge in [0.05, 0.1) is 10.9 Å². The summed E-state index contributed by atoms with van der Waals surface area (Å²) in [7, 11) is 4.03. The summed E-state index contributed by atoms with van der Waals surface area (Å²) in [6.07, 6.45) is 4.99. The molecule has 12 heavy (non-hydrogen) atoms. The Hall–Kier alpha value is -0.590. The molecular weight excluding hydrogens is 166 g/mol. The van der Waals surface area contributed by atoms with E-state index in [0.29, 0.717) is 5.25 Å². The lowest BCUT2D eigenvalue weighted by Gasteiger charge is -2.21. The first-order valence-electron chi connectivity index (χ1n) is 3.88. The Morgan fingerprint density at radius 1 is 1.67 bits per heavy atom. The molecule has 0 aliphatic rings. The van der Waals surface area contributed by atoms with Gasteiger partial charge in [0.1, 0.15) is 0 Å². The Balaban J connectivity index is 4.45. The first-order valence-corrected chi connectivity index (χ1v) is 5.17. The van der Waals surface area contributed by atoms with Crippen LogP contribution in [0.3, 0.4) is 0 Å². The van der Waals surface area contributed by atoms with Crippen LogP contribution in [0.4, 0.5) is 0 Å². The van der Waals surface area contributed by atoms with Gasteiger partial charge in [0.25, 0.3) is 0 Å². The van der Waals surface area contributed by atoms with E-state index >= 15 is 0 Å². The van der Waals surface area contributed by atoms with Crippen LogP contribution in [0, 0.1) is 0 Å². The topological polar surface area (TPSA) is 3.24 Å². The molecule has 0 heterocycles. The van der Waals surface area contributed by atoms with Crippen LogP contribution in [-0.4, -0.2) is 30.5 Å². The number of rotatable bonds is 5. The standard InChI is InChI=1S/C10H17NS/c1-6-8-10(12-5)9(7-2)11(3)4/h6,10H,1-2,8H2,3-5H3. The molecule has 0 aromatic heterocycles. The summed E-state index contributed by atoms with van der Waals surface area (Å²) >= 11 is 1.80. The molecule has 0 aromatic rings. The van der Waals surface area contributed by atoms with Crippen LogP contribution in [0.1, 0.15) is 6.42 Å². The van der Waals surface area contributed by atoms with Gasteiger partial charge in [-0.25, -0.2) is 0 Å². The highest BCUT2D eigenvalue weighted by molar-refractivity contribution is 7.99. The van der Waals surface area contributed by atoms with E-state index in [1.54, 1.807) is 11.8 Å². The first-order chi connectivity index (χ1) is 5.67. The highest BCUT2D eigenvalue weighted by Gasteiger charge is 2.12. The van der Waals surface area contributed by atoms with Gasteiger partial charge >= 0.3 is 0 Å². The average molecular weight is 183 g/mol. The lowest BCUT2D eigenvalue weighted by Crippen LogP contribution is -2.19. The molecule has 0 amide bonds. The van der Waals surface area contributed by atoms with Crippen LogP contribution < -0.4 is 0 Å². The van der Waals surface area contributed by atoms with E-state index in [9.17, 15) is 0 Å². The fourth-order valence-electron chi connectivity index (χ4n) is 1.03. The molecule has 0 fully saturated rings. The zero-order valence-corrected chi connectivity index (χ0v) is 8.95. The van der Waals surface area contributed by atoms with E-state index in [4.69, 9.17) is 0 Å². The number of hydrogen-bond acceptors (Lipinski definition) is 2. The molecule has 0 radical (unpaired) electrons. The van der Waals surface area contributed by atoms with Crippen LogP contribution in [0.2, 0.25) is 0 Å². The summed E-state index contributed by atoms with van der Waals surface area (Å²) in [6.45, 7) is 7.41. The lowest BCUT2D eigenvalue weighted by molar-refractivity contribution is 0.494. The largest absolute Gasteiger partial charge is 0.374 e. The van der Waals surface area contributed by atoms with Crippen molar-refractivity contribution in [2.24, 2.45) is 0 Å². The van der Waals surface area contributed by atoms with E-state index in [-0.39, 0.29) is 0 Å². The summed E-state index contributed by atoms with van der Waals surface area (Å²) in [5.74, 6) is 0. The Kier molecular flexibility index (Phi) is 5.69. The minimum absolute atomic E-state index is 0.440. The summed E-state index contributed by atoms with van der Waals surface area (Å²) in [4.78, 5) is 2.05. The summed E-state index contributed by atoms with van der Waals surface area (Å²) in [5, 5.41) is 0.440. The van der Waals surface area contributed by atoms with Gasteiger partial charge in [-0.3, -0.25) is 0 Å². The van der Waals surface area contributed by atoms with Crippen LogP contribution in [0.25, 0.3) is 0 Å². The molecule has 0 aliphatic heterocycles. The van der Waals surface area contributed by atoms with Gasteiger partial charge in [-0.2, -0.15) is 11.8 Å². The van der Waals surface area contributed by atoms with Crippen molar-refractivity contribution in [2.45, 2.75) is 11.7 Å². The number of allylic oxidation sites excluding steroid dienone is 1. The molecule has 0 aromatic carbocycles. The third kappa shape index (κ3) is 3.21. The van der Waals surface area contributed by atoms with Crippen molar-refractivity contribution in [3.63, 3.8) is 0 Å². The van der Waals surface area contributed by atoms with Gasteiger partial charge in [-0.15, -0.1) is 12.3 Å². The van der Waals surface area contributed by atoms with Crippen LogP contribution in [-0.2, 0) is 0 Å². The van der Waals surface area contributed by atoms with Crippen molar-refractivity contribution in [3.8, 4) is 0 Å². The minimum atomic E-state index is 0.440. The van der Waals surface area contributed by atoms with Crippen LogP contribution in [0.15, 0.2) is 30.7 Å². The van der Waals surface area contributed by atoms with Gasteiger partial charge in [-0.05, 0) is 12.7 Å². The summed E-state index contributed by atoms with van der Waals surface area (Å²) in [5.41, 5.74) is 4.10. The molecule has 68 valence electrons. The molecular formula is C10H17NS. The van der Waals surface area contributed by atoms with Crippen molar-refractivity contribution in [3.05, 3.63) is 30.7 Å². The zero-order chi connectivity index (χ0) is 9.56. The van der Waals surface area contributed by atoms with Gasteiger partial charge in [0.2, 0.25) is 0 Å². The molecule has 0 spiro atoms. The van der Waals surface area contributed by atoms with Crippen molar-refractivity contribution < 1.29 is 0 Å². The number of nitrogens with zero attached hydrogens (tertiary/aromatic N) is 1. The van der Waals surface area contributed by atoms with E-state index in [0.717, 1.165) is 12.1 Å². The normalized spacial score (nSPS) is 11.6. The smallest absolute Gasteiger partial charge is 0.0688 e. The maximum absolute atomic E-state index is 3.73. The third-order valence-corrected chi connectivity index (χ3v) is 2.62. The fourth-order valence-corrected chi connectivity index (χ4v) is 1.88. The fraction of sp³-hybridized carbons (Fsp3) is 0.500. The van der Waals surface area contributed by atoms with Gasteiger partial charge < -0.3 is 4.90 Å². The molecule has 0 bridgehead atoms. The first kappa shape index (κ1) is 11.4. The number of hydrogen-bond donors (Lipinski definition) is 0. The highest BCUT2D eigenvalue weighted by Crippen LogP contribution is 2.20. The van der Waals surface area contributed by atoms with Gasteiger partial charge in [0.15, 0.2) is 0 Å². The second-order valence-corrected chi connectivity index (χ2v) is 3.75. The van der Waals surface area contributed by atoms with E-state index in [1.165, 1.54) is 0 Å². The Labute approximate surface area is 79.8 Å². The molecule has 0 N–H and O–H groups in total. The second kappa shape index (κ2) is 5.99. The Morgan fingerprint density at radius 3 is 2.50 bits per heavy atom. The second-order valence-electron chi connectivity index (χ2n) is 2.71. The monoisotopic (exact) mass is 183 g/mol. The number of thioether (sulfide) groups is 1. The molecule has 2 heteroatoms. The minimum Gasteiger partial charge on any atom is -0.374 e. The highest BCUT2D eigenvalue weighted by atomic mass is 32.2. The molecule has 1 nitrogen and oxygen atoms in total. The molecule has 0 aliphatic carbocycles. The van der Waals surface area contributed by atoms with Crippen LogP contribution in [0.5, 0.6) is 0 Å². The third-order valence-electron chi connectivity index (χ3n) is 1.63. The average Bonchev–Trinajstić information content (AvgIpc) is 2.03. The quantitative estimate of drug-likeness (QED) is 0.476. The Morgan fingerprint density at radius 2 is 2.25 bits per heavy atom. The molecule has 0 saturated carbocycles. The molecule has 1 atom stereocenters. The van der Waals surface area contributed by atoms with Crippen molar-refractivity contribution >= 4 is 11.8 Å². The van der Waals surface area contributed by atoms with E-state index in [1.807, 2.05) is 20.2 Å². The van der Waals surface area contributed by atoms with Gasteiger partial charge in [0, 0.05) is 14.1 Å². The maximum atomic E-state index is 3.73. The van der Waals surface area contributed by atoms with Crippen molar-refractivity contribution in [2.75, 3.05) is 20.4 Å². The van der Waals surface area contributed by atoms with E-state index < -0.39 is 0 Å². The van der Waals surface area contributed by atoms with E-state index in [2.05, 4.69) is 30.0 Å². The maximum Gasteiger partial charge on any atom is 0.0688 e. The molecule has 1 unspecified atom stereocenters. The lowest BCUT2D eigenvalue weighted by atomic mass is 10.2. The van der Waals surface area contributed by atoms with Crippen LogP contribution >= 0.6 is 11.8 Å². The summed E-state index contributed by atoms with van der Waals surface area (Å²) in [6, 6.07) is 0.